The average molecular weight is 298 g/mol. The first-order valence-corrected chi connectivity index (χ1v) is 6.61. The van der Waals surface area contributed by atoms with Crippen LogP contribution in [0.1, 0.15) is 22.2 Å². The smallest absolute Gasteiger partial charge is 0.0839 e. The van der Waals surface area contributed by atoms with Gasteiger partial charge in [-0.3, -0.25) is 4.98 Å². The van der Waals surface area contributed by atoms with Crippen LogP contribution in [0.3, 0.4) is 0 Å². The molecule has 4 heteroatoms. The molecule has 84 valence electrons. The molecule has 2 rings (SSSR count). The first kappa shape index (κ1) is 11.8. The molecule has 1 atom stereocenters. The van der Waals surface area contributed by atoms with Gasteiger partial charge in [0.05, 0.1) is 9.89 Å². The first-order valence-electron chi connectivity index (χ1n) is 5.00. The average Bonchev–Trinajstić information content (AvgIpc) is 2.64. The van der Waals surface area contributed by atoms with Gasteiger partial charge in [-0.25, -0.2) is 0 Å². The van der Waals surface area contributed by atoms with Crippen molar-refractivity contribution in [1.29, 1.82) is 0 Å². The lowest BCUT2D eigenvalue weighted by Crippen LogP contribution is -2.01. The van der Waals surface area contributed by atoms with Crippen LogP contribution < -0.4 is 0 Å². The van der Waals surface area contributed by atoms with Gasteiger partial charge in [0.1, 0.15) is 0 Å². The molecule has 2 nitrogen and oxygen atoms in total. The lowest BCUT2D eigenvalue weighted by molar-refractivity contribution is 0.179. The van der Waals surface area contributed by atoms with E-state index >= 15 is 0 Å². The summed E-state index contributed by atoms with van der Waals surface area (Å²) in [5.74, 6) is 0. The standard InChI is InChI=1S/C12H12BrNOS/c1-8-6-9(4-5-14-8)11(15)7-10-2-3-12(13)16-10/h2-6,11,15H,7H2,1H3. The number of halogens is 1. The number of aromatic nitrogens is 1. The van der Waals surface area contributed by atoms with Crippen LogP contribution >= 0.6 is 27.3 Å². The summed E-state index contributed by atoms with van der Waals surface area (Å²) in [4.78, 5) is 5.29. The van der Waals surface area contributed by atoms with Gasteiger partial charge in [-0.05, 0) is 52.7 Å². The number of nitrogens with zero attached hydrogens (tertiary/aromatic N) is 1. The van der Waals surface area contributed by atoms with Crippen LogP contribution in [0, 0.1) is 6.92 Å². The SMILES string of the molecule is Cc1cc(C(O)Cc2ccc(Br)s2)ccn1. The predicted octanol–water partition coefficient (Wildman–Crippen LogP) is 3.49. The number of aliphatic hydroxyl groups is 1. The van der Waals surface area contributed by atoms with Gasteiger partial charge in [-0.2, -0.15) is 0 Å². The topological polar surface area (TPSA) is 33.1 Å². The van der Waals surface area contributed by atoms with Gasteiger partial charge in [0.2, 0.25) is 0 Å². The molecule has 2 heterocycles. The highest BCUT2D eigenvalue weighted by molar-refractivity contribution is 9.11. The summed E-state index contributed by atoms with van der Waals surface area (Å²) in [6.45, 7) is 1.93. The lowest BCUT2D eigenvalue weighted by atomic mass is 10.1. The number of hydrogen-bond acceptors (Lipinski definition) is 3. The van der Waals surface area contributed by atoms with Crippen LogP contribution in [0.4, 0.5) is 0 Å². The van der Waals surface area contributed by atoms with Crippen LogP contribution in [0.25, 0.3) is 0 Å². The van der Waals surface area contributed by atoms with Crippen molar-refractivity contribution in [3.63, 3.8) is 0 Å². The number of aliphatic hydroxyl groups excluding tert-OH is 1. The van der Waals surface area contributed by atoms with E-state index in [0.717, 1.165) is 15.0 Å². The Morgan fingerprint density at radius 3 is 2.88 bits per heavy atom. The predicted molar refractivity (Wildman–Crippen MR) is 69.7 cm³/mol. The molecule has 1 N–H and O–H groups in total. The minimum absolute atomic E-state index is 0.452. The van der Waals surface area contributed by atoms with Gasteiger partial charge in [0, 0.05) is 23.2 Å². The van der Waals surface area contributed by atoms with Crippen molar-refractivity contribution in [3.8, 4) is 0 Å². The Bertz CT molecular complexity index is 483. The maximum Gasteiger partial charge on any atom is 0.0839 e. The Morgan fingerprint density at radius 2 is 2.25 bits per heavy atom. The second-order valence-corrected chi connectivity index (χ2v) is 6.20. The highest BCUT2D eigenvalue weighted by atomic mass is 79.9. The van der Waals surface area contributed by atoms with Crippen LogP contribution in [-0.4, -0.2) is 10.1 Å². The van der Waals surface area contributed by atoms with Gasteiger partial charge in [0.25, 0.3) is 0 Å². The van der Waals surface area contributed by atoms with E-state index < -0.39 is 6.10 Å². The summed E-state index contributed by atoms with van der Waals surface area (Å²) in [5.41, 5.74) is 1.86. The molecule has 0 fully saturated rings. The summed E-state index contributed by atoms with van der Waals surface area (Å²) in [6.07, 6.45) is 1.94. The quantitative estimate of drug-likeness (QED) is 0.941. The first-order chi connectivity index (χ1) is 7.65. The van der Waals surface area contributed by atoms with Crippen molar-refractivity contribution in [2.45, 2.75) is 19.4 Å². The van der Waals surface area contributed by atoms with Gasteiger partial charge >= 0.3 is 0 Å². The van der Waals surface area contributed by atoms with E-state index in [-0.39, 0.29) is 0 Å². The van der Waals surface area contributed by atoms with E-state index in [1.54, 1.807) is 17.5 Å². The fraction of sp³-hybridized carbons (Fsp3) is 0.250. The minimum atomic E-state index is -0.452. The monoisotopic (exact) mass is 297 g/mol. The molecule has 1 unspecified atom stereocenters. The van der Waals surface area contributed by atoms with Crippen molar-refractivity contribution < 1.29 is 5.11 Å². The van der Waals surface area contributed by atoms with Gasteiger partial charge in [-0.15, -0.1) is 11.3 Å². The molecule has 2 aromatic rings. The summed E-state index contributed by atoms with van der Waals surface area (Å²) in [6, 6.07) is 7.82. The molecule has 0 bridgehead atoms. The van der Waals surface area contributed by atoms with Crippen molar-refractivity contribution in [1.82, 2.24) is 4.98 Å². The van der Waals surface area contributed by atoms with E-state index in [0.29, 0.717) is 6.42 Å². The van der Waals surface area contributed by atoms with Crippen LogP contribution in [-0.2, 0) is 6.42 Å². The maximum absolute atomic E-state index is 10.1. The Hall–Kier alpha value is -0.710. The number of thiophene rings is 1. The van der Waals surface area contributed by atoms with Gasteiger partial charge < -0.3 is 5.11 Å². The molecule has 0 aliphatic heterocycles. The third-order valence-electron chi connectivity index (χ3n) is 2.33. The second-order valence-electron chi connectivity index (χ2n) is 3.66. The molecule has 16 heavy (non-hydrogen) atoms. The molecule has 0 saturated carbocycles. The van der Waals surface area contributed by atoms with E-state index in [4.69, 9.17) is 0 Å². The van der Waals surface area contributed by atoms with Crippen molar-refractivity contribution in [3.05, 3.63) is 50.4 Å². The normalized spacial score (nSPS) is 12.7. The molecule has 0 spiro atoms. The van der Waals surface area contributed by atoms with Crippen molar-refractivity contribution >= 4 is 27.3 Å². The summed E-state index contributed by atoms with van der Waals surface area (Å²) in [7, 11) is 0. The second kappa shape index (κ2) is 5.08. The fourth-order valence-electron chi connectivity index (χ4n) is 1.54. The summed E-state index contributed by atoms with van der Waals surface area (Å²) in [5, 5.41) is 10.1. The van der Waals surface area contributed by atoms with E-state index in [9.17, 15) is 5.11 Å². The van der Waals surface area contributed by atoms with Gasteiger partial charge in [0.15, 0.2) is 0 Å². The van der Waals surface area contributed by atoms with Crippen LogP contribution in [0.15, 0.2) is 34.2 Å². The zero-order valence-corrected chi connectivity index (χ0v) is 11.3. The van der Waals surface area contributed by atoms with Crippen molar-refractivity contribution in [2.75, 3.05) is 0 Å². The van der Waals surface area contributed by atoms with Crippen LogP contribution in [0.2, 0.25) is 0 Å². The zero-order chi connectivity index (χ0) is 11.5. The van der Waals surface area contributed by atoms with E-state index in [1.807, 2.05) is 31.2 Å². The zero-order valence-electron chi connectivity index (χ0n) is 8.85. The molecule has 2 aromatic heterocycles. The number of hydrogen-bond donors (Lipinski definition) is 1. The molecule has 0 radical (unpaired) electrons. The highest BCUT2D eigenvalue weighted by Crippen LogP contribution is 2.26. The Kier molecular flexibility index (Phi) is 3.74. The number of pyridine rings is 1. The Balaban J connectivity index is 2.11. The highest BCUT2D eigenvalue weighted by Gasteiger charge is 2.10. The third-order valence-corrected chi connectivity index (χ3v) is 3.97. The Morgan fingerprint density at radius 1 is 1.44 bits per heavy atom. The van der Waals surface area contributed by atoms with Gasteiger partial charge in [-0.1, -0.05) is 0 Å². The molecule has 0 saturated heterocycles. The molecular formula is C12H12BrNOS. The molecule has 0 aliphatic rings. The number of aryl methyl sites for hydroxylation is 1. The third kappa shape index (κ3) is 2.90. The molecule has 0 amide bonds. The number of rotatable bonds is 3. The molecule has 0 aliphatic carbocycles. The lowest BCUT2D eigenvalue weighted by Gasteiger charge is -2.09. The van der Waals surface area contributed by atoms with E-state index in [1.165, 1.54) is 4.88 Å². The largest absolute Gasteiger partial charge is 0.388 e. The van der Waals surface area contributed by atoms with E-state index in [2.05, 4.69) is 20.9 Å². The van der Waals surface area contributed by atoms with Crippen molar-refractivity contribution in [2.24, 2.45) is 0 Å². The Labute approximate surface area is 107 Å². The summed E-state index contributed by atoms with van der Waals surface area (Å²) < 4.78 is 1.10. The minimum Gasteiger partial charge on any atom is -0.388 e. The fourth-order valence-corrected chi connectivity index (χ4v) is 3.06. The molecular weight excluding hydrogens is 286 g/mol. The molecule has 0 aromatic carbocycles. The van der Waals surface area contributed by atoms with Crippen LogP contribution in [0.5, 0.6) is 0 Å². The summed E-state index contributed by atoms with van der Waals surface area (Å²) >= 11 is 5.07. The maximum atomic E-state index is 10.1.